The second-order valence-electron chi connectivity index (χ2n) is 12.7. The average Bonchev–Trinajstić information content (AvgIpc) is 3.84. The topological polar surface area (TPSA) is 29.1 Å². The largest absolute Gasteiger partial charge is 0.0622 e. The van der Waals surface area contributed by atoms with E-state index in [-0.39, 0.29) is 19.5 Å². The fourth-order valence-corrected chi connectivity index (χ4v) is 12.0. The third kappa shape index (κ3) is 8.71. The maximum Gasteiger partial charge on any atom is 0 e. The van der Waals surface area contributed by atoms with E-state index in [2.05, 4.69) is 201 Å². The predicted octanol–water partition coefficient (Wildman–Crippen LogP) is 9.93. The third-order valence-corrected chi connectivity index (χ3v) is 14.4. The van der Waals surface area contributed by atoms with Crippen molar-refractivity contribution in [3.63, 3.8) is 0 Å². The molecule has 0 unspecified atom stereocenters. The average molecular weight is 826 g/mol. The first-order valence-corrected chi connectivity index (χ1v) is 20.7. The maximum atomic E-state index is 7.50. The van der Waals surface area contributed by atoms with Crippen LogP contribution in [0.3, 0.4) is 0 Å². The van der Waals surface area contributed by atoms with Crippen molar-refractivity contribution in [2.45, 2.75) is 12.8 Å². The first-order chi connectivity index (χ1) is 26.4. The van der Waals surface area contributed by atoms with Gasteiger partial charge in [0.1, 0.15) is 0 Å². The molecule has 1 fully saturated rings. The summed E-state index contributed by atoms with van der Waals surface area (Å²) >= 11 is 0. The van der Waals surface area contributed by atoms with Crippen molar-refractivity contribution < 1.29 is 28.9 Å². The molecule has 54 heavy (non-hydrogen) atoms. The van der Waals surface area contributed by atoms with Crippen LogP contribution in [0.5, 0.6) is 0 Å². The van der Waals surface area contributed by atoms with Crippen LogP contribution >= 0.6 is 15.8 Å². The standard InChI is InChI=1S/C44H32P2.C4H8O.CO.Rh/c1-5-19-35(20-6-1)45(36-21-7-2-8-22-36)41-31-29-33-17-13-15-27-39(33)43(41)44-40-28-16-14-18-34(40)30-32-42(44)46(37-23-9-3-10-24-37)38-25-11-4-12-26-38;1-2-4-5-3-1;1-2;/h1-32H;1-4H2;;. The third-order valence-electron chi connectivity index (χ3n) is 9.43. The number of hydrogen-bond acceptors (Lipinski definition) is 1. The fourth-order valence-electron chi connectivity index (χ4n) is 7.09. The van der Waals surface area contributed by atoms with Gasteiger partial charge in [-0.05, 0) is 93.2 Å². The maximum absolute atomic E-state index is 7.50. The van der Waals surface area contributed by atoms with E-state index >= 15 is 0 Å². The van der Waals surface area contributed by atoms with Crippen molar-refractivity contribution in [3.05, 3.63) is 201 Å². The normalized spacial score (nSPS) is 12.0. The zero-order chi connectivity index (χ0) is 36.2. The zero-order valence-corrected chi connectivity index (χ0v) is 33.3. The van der Waals surface area contributed by atoms with E-state index in [4.69, 9.17) is 9.39 Å². The minimum Gasteiger partial charge on any atom is -0.0622 e. The van der Waals surface area contributed by atoms with E-state index in [1.807, 2.05) is 0 Å². The summed E-state index contributed by atoms with van der Waals surface area (Å²) in [5.74, 6) is 0. The molecule has 0 bridgehead atoms. The van der Waals surface area contributed by atoms with Crippen LogP contribution in [0.25, 0.3) is 32.7 Å². The number of fused-ring (bicyclic) bond motifs is 2. The van der Waals surface area contributed by atoms with Crippen molar-refractivity contribution in [1.82, 2.24) is 0 Å². The number of benzene rings is 8. The summed E-state index contributed by atoms with van der Waals surface area (Å²) in [5.41, 5.74) is 2.70. The van der Waals surface area contributed by atoms with Crippen LogP contribution in [0.4, 0.5) is 0 Å². The first-order valence-electron chi connectivity index (χ1n) is 18.0. The fraction of sp³-hybridized carbons (Fsp3) is 0.0816. The number of ether oxygens (including phenoxy) is 1. The molecule has 5 heteroatoms. The van der Waals surface area contributed by atoms with Gasteiger partial charge < -0.3 is 4.74 Å². The van der Waals surface area contributed by atoms with Gasteiger partial charge in [-0.1, -0.05) is 194 Å². The summed E-state index contributed by atoms with van der Waals surface area (Å²) in [5, 5.41) is 13.3. The van der Waals surface area contributed by atoms with E-state index < -0.39 is 15.8 Å². The molecule has 1 aliphatic heterocycles. The molecule has 1 heterocycles. The van der Waals surface area contributed by atoms with E-state index in [0.29, 0.717) is 0 Å². The van der Waals surface area contributed by atoms with Crippen LogP contribution in [-0.4, -0.2) is 13.2 Å². The Morgan fingerprint density at radius 1 is 0.370 bits per heavy atom. The molecule has 0 aliphatic carbocycles. The SMILES string of the molecule is C1CCOC1.[C-]#[O+].[Rh].c1ccc(P(c2ccccc2)c2ccc3ccccc3c2-c2c(P(c3ccccc3)c3ccccc3)ccc3ccccc23)cc1. The van der Waals surface area contributed by atoms with Crippen LogP contribution in [0.1, 0.15) is 12.8 Å². The van der Waals surface area contributed by atoms with Gasteiger partial charge in [-0.3, -0.25) is 0 Å². The Balaban J connectivity index is 0.000000569. The second-order valence-corrected chi connectivity index (χ2v) is 17.1. The van der Waals surface area contributed by atoms with E-state index in [1.54, 1.807) is 0 Å². The van der Waals surface area contributed by atoms with Gasteiger partial charge in [0.15, 0.2) is 0 Å². The summed E-state index contributed by atoms with van der Waals surface area (Å²) in [6.45, 7) is 6.50. The van der Waals surface area contributed by atoms with Gasteiger partial charge in [-0.2, -0.15) is 0 Å². The van der Waals surface area contributed by atoms with Crippen LogP contribution in [0.15, 0.2) is 194 Å². The first kappa shape index (κ1) is 39.2. The van der Waals surface area contributed by atoms with Crippen molar-refractivity contribution in [2.75, 3.05) is 13.2 Å². The molecule has 0 amide bonds. The molecule has 1 radical (unpaired) electrons. The Kier molecular flexibility index (Phi) is 14.3. The molecule has 9 rings (SSSR count). The van der Waals surface area contributed by atoms with E-state index in [9.17, 15) is 0 Å². The van der Waals surface area contributed by atoms with Crippen molar-refractivity contribution in [3.8, 4) is 11.1 Å². The van der Waals surface area contributed by atoms with E-state index in [1.165, 1.54) is 77.3 Å². The Morgan fingerprint density at radius 2 is 0.667 bits per heavy atom. The van der Waals surface area contributed by atoms with Gasteiger partial charge in [0, 0.05) is 32.7 Å². The molecule has 2 nitrogen and oxygen atoms in total. The van der Waals surface area contributed by atoms with Gasteiger partial charge in [0.25, 0.3) is 0 Å². The Labute approximate surface area is 334 Å². The Hall–Kier alpha value is -4.54. The summed E-state index contributed by atoms with van der Waals surface area (Å²) in [4.78, 5) is 0. The van der Waals surface area contributed by atoms with Gasteiger partial charge in [0.2, 0.25) is 0 Å². The minimum atomic E-state index is -0.852. The molecule has 0 saturated carbocycles. The van der Waals surface area contributed by atoms with Crippen molar-refractivity contribution in [1.29, 1.82) is 0 Å². The van der Waals surface area contributed by atoms with Gasteiger partial charge in [-0.25, -0.2) is 0 Å². The van der Waals surface area contributed by atoms with Crippen LogP contribution in [0.2, 0.25) is 0 Å². The number of hydrogen-bond donors (Lipinski definition) is 0. The molecule has 267 valence electrons. The molecule has 0 spiro atoms. The number of rotatable bonds is 7. The van der Waals surface area contributed by atoms with Gasteiger partial charge >= 0.3 is 11.3 Å². The summed E-state index contributed by atoms with van der Waals surface area (Å²) < 4.78 is 12.4. The summed E-state index contributed by atoms with van der Waals surface area (Å²) in [7, 11) is -1.70. The second kappa shape index (κ2) is 19.7. The Bertz CT molecular complexity index is 2150. The smallest absolute Gasteiger partial charge is 0 e. The molecule has 1 saturated heterocycles. The Morgan fingerprint density at radius 3 is 0.963 bits per heavy atom. The van der Waals surface area contributed by atoms with Crippen LogP contribution in [-0.2, 0) is 28.9 Å². The van der Waals surface area contributed by atoms with E-state index in [0.717, 1.165) is 13.2 Å². The molecule has 1 aliphatic rings. The zero-order valence-electron chi connectivity index (χ0n) is 29.8. The monoisotopic (exact) mass is 825 g/mol. The molecular formula is C49H40O2P2Rh. The molecule has 8 aromatic rings. The molecule has 8 aromatic carbocycles. The molecular weight excluding hydrogens is 785 g/mol. The van der Waals surface area contributed by atoms with Crippen molar-refractivity contribution >= 4 is 69.2 Å². The minimum absolute atomic E-state index is 0. The summed E-state index contributed by atoms with van der Waals surface area (Å²) in [6, 6.07) is 71.8. The summed E-state index contributed by atoms with van der Waals surface area (Å²) in [6.07, 6.45) is 2.56. The predicted molar refractivity (Wildman–Crippen MR) is 228 cm³/mol. The molecule has 0 atom stereocenters. The van der Waals surface area contributed by atoms with Crippen LogP contribution < -0.4 is 31.8 Å². The van der Waals surface area contributed by atoms with Crippen LogP contribution in [0, 0.1) is 6.65 Å². The van der Waals surface area contributed by atoms with Gasteiger partial charge in [-0.15, -0.1) is 0 Å². The molecule has 0 N–H and O–H groups in total. The van der Waals surface area contributed by atoms with Gasteiger partial charge in [0.05, 0.1) is 0 Å². The molecule has 0 aromatic heterocycles. The van der Waals surface area contributed by atoms with Crippen molar-refractivity contribution in [2.24, 2.45) is 0 Å². The quantitative estimate of drug-likeness (QED) is 0.0682.